The van der Waals surface area contributed by atoms with Crippen molar-refractivity contribution in [3.05, 3.63) is 29.6 Å². The minimum Gasteiger partial charge on any atom is -0.343 e. The van der Waals surface area contributed by atoms with E-state index in [1.807, 2.05) is 24.1 Å². The van der Waals surface area contributed by atoms with Gasteiger partial charge in [0.2, 0.25) is 5.91 Å². The Kier molecular flexibility index (Phi) is 4.70. The Bertz CT molecular complexity index is 383. The molecule has 0 aliphatic carbocycles. The van der Waals surface area contributed by atoms with E-state index in [9.17, 15) is 4.79 Å². The summed E-state index contributed by atoms with van der Waals surface area (Å²) in [6, 6.07) is 4.07. The fourth-order valence-corrected chi connectivity index (χ4v) is 2.16. The van der Waals surface area contributed by atoms with Crippen LogP contribution in [0.15, 0.2) is 18.3 Å². The average Bonchev–Trinajstić information content (AvgIpc) is 2.90. The lowest BCUT2D eigenvalue weighted by Crippen LogP contribution is -2.30. The number of hydrogen-bond acceptors (Lipinski definition) is 3. The van der Waals surface area contributed by atoms with Crippen molar-refractivity contribution in [2.75, 3.05) is 19.6 Å². The molecule has 1 fully saturated rings. The second-order valence-corrected chi connectivity index (χ2v) is 4.82. The first-order valence-electron chi connectivity index (χ1n) is 6.66. The van der Waals surface area contributed by atoms with Crippen LogP contribution in [0.1, 0.15) is 30.5 Å². The van der Waals surface area contributed by atoms with Crippen LogP contribution in [0.3, 0.4) is 0 Å². The highest BCUT2D eigenvalue weighted by Crippen LogP contribution is 2.08. The maximum absolute atomic E-state index is 11.8. The van der Waals surface area contributed by atoms with Crippen LogP contribution < -0.4 is 5.32 Å². The van der Waals surface area contributed by atoms with Gasteiger partial charge in [0.05, 0.1) is 0 Å². The van der Waals surface area contributed by atoms with Crippen LogP contribution in [0.5, 0.6) is 0 Å². The fraction of sp³-hybridized carbons (Fsp3) is 0.571. The summed E-state index contributed by atoms with van der Waals surface area (Å²) in [5.41, 5.74) is 2.19. The standard InChI is InChI=1S/C14H21N3O/c1-12-4-5-13(11-16-12)10-15-7-6-14(18)17-8-2-3-9-17/h4-5,11,15H,2-3,6-10H2,1H3. The van der Waals surface area contributed by atoms with Crippen LogP contribution in [-0.2, 0) is 11.3 Å². The first kappa shape index (κ1) is 13.0. The average molecular weight is 247 g/mol. The quantitative estimate of drug-likeness (QED) is 0.802. The van der Waals surface area contributed by atoms with E-state index in [0.717, 1.165) is 50.3 Å². The van der Waals surface area contributed by atoms with Gasteiger partial charge in [0.1, 0.15) is 0 Å². The molecule has 1 N–H and O–H groups in total. The Morgan fingerprint density at radius 2 is 2.17 bits per heavy atom. The highest BCUT2D eigenvalue weighted by molar-refractivity contribution is 5.76. The molecule has 1 aliphatic rings. The number of nitrogens with zero attached hydrogens (tertiary/aromatic N) is 2. The van der Waals surface area contributed by atoms with Crippen LogP contribution in [0.2, 0.25) is 0 Å². The molecule has 0 spiro atoms. The normalized spacial score (nSPS) is 15.1. The van der Waals surface area contributed by atoms with Gasteiger partial charge in [0.25, 0.3) is 0 Å². The van der Waals surface area contributed by atoms with Gasteiger partial charge in [-0.1, -0.05) is 6.07 Å². The predicted octanol–water partition coefficient (Wildman–Crippen LogP) is 1.49. The number of aryl methyl sites for hydroxylation is 1. The Balaban J connectivity index is 1.63. The molecule has 98 valence electrons. The molecule has 1 aromatic rings. The van der Waals surface area contributed by atoms with Crippen molar-refractivity contribution in [2.45, 2.75) is 32.7 Å². The molecule has 0 radical (unpaired) electrons. The fourth-order valence-electron chi connectivity index (χ4n) is 2.16. The molecule has 0 saturated carbocycles. The Hall–Kier alpha value is -1.42. The van der Waals surface area contributed by atoms with Gasteiger partial charge in [-0.25, -0.2) is 0 Å². The minimum absolute atomic E-state index is 0.280. The highest BCUT2D eigenvalue weighted by Gasteiger charge is 2.16. The van der Waals surface area contributed by atoms with E-state index in [1.165, 1.54) is 0 Å². The summed E-state index contributed by atoms with van der Waals surface area (Å²) >= 11 is 0. The maximum Gasteiger partial charge on any atom is 0.223 e. The van der Waals surface area contributed by atoms with Gasteiger partial charge in [0, 0.05) is 44.5 Å². The van der Waals surface area contributed by atoms with Gasteiger partial charge in [-0.3, -0.25) is 9.78 Å². The van der Waals surface area contributed by atoms with Gasteiger partial charge in [-0.15, -0.1) is 0 Å². The van der Waals surface area contributed by atoms with Crippen molar-refractivity contribution in [3.8, 4) is 0 Å². The van der Waals surface area contributed by atoms with Crippen molar-refractivity contribution in [1.82, 2.24) is 15.2 Å². The number of hydrogen-bond donors (Lipinski definition) is 1. The Morgan fingerprint density at radius 1 is 1.39 bits per heavy atom. The van der Waals surface area contributed by atoms with E-state index < -0.39 is 0 Å². The second kappa shape index (κ2) is 6.50. The first-order valence-corrected chi connectivity index (χ1v) is 6.66. The van der Waals surface area contributed by atoms with Crippen molar-refractivity contribution in [3.63, 3.8) is 0 Å². The van der Waals surface area contributed by atoms with Gasteiger partial charge in [-0.05, 0) is 31.4 Å². The number of rotatable bonds is 5. The number of likely N-dealkylation sites (tertiary alicyclic amines) is 1. The van der Waals surface area contributed by atoms with Crippen molar-refractivity contribution in [2.24, 2.45) is 0 Å². The van der Waals surface area contributed by atoms with Crippen LogP contribution >= 0.6 is 0 Å². The molecule has 0 bridgehead atoms. The SMILES string of the molecule is Cc1ccc(CNCCC(=O)N2CCCC2)cn1. The van der Waals surface area contributed by atoms with E-state index in [-0.39, 0.29) is 5.91 Å². The van der Waals surface area contributed by atoms with Crippen LogP contribution in [-0.4, -0.2) is 35.4 Å². The lowest BCUT2D eigenvalue weighted by molar-refractivity contribution is -0.130. The smallest absolute Gasteiger partial charge is 0.223 e. The molecule has 2 heterocycles. The Morgan fingerprint density at radius 3 is 2.83 bits per heavy atom. The molecule has 0 unspecified atom stereocenters. The molecule has 1 aliphatic heterocycles. The molecule has 4 nitrogen and oxygen atoms in total. The zero-order valence-corrected chi connectivity index (χ0v) is 11.0. The van der Waals surface area contributed by atoms with E-state index in [2.05, 4.69) is 16.4 Å². The molecule has 4 heteroatoms. The van der Waals surface area contributed by atoms with E-state index in [1.54, 1.807) is 0 Å². The zero-order chi connectivity index (χ0) is 12.8. The molecule has 1 amide bonds. The Labute approximate surface area is 108 Å². The van der Waals surface area contributed by atoms with E-state index in [4.69, 9.17) is 0 Å². The third-order valence-electron chi connectivity index (χ3n) is 3.28. The first-order chi connectivity index (χ1) is 8.75. The molecule has 1 aromatic heterocycles. The number of pyridine rings is 1. The summed E-state index contributed by atoms with van der Waals surface area (Å²) in [6.45, 7) is 5.39. The molecule has 0 aromatic carbocycles. The zero-order valence-electron chi connectivity index (χ0n) is 11.0. The molecular weight excluding hydrogens is 226 g/mol. The molecule has 0 atom stereocenters. The van der Waals surface area contributed by atoms with Crippen molar-refractivity contribution < 1.29 is 4.79 Å². The molecule has 18 heavy (non-hydrogen) atoms. The summed E-state index contributed by atoms with van der Waals surface area (Å²) < 4.78 is 0. The summed E-state index contributed by atoms with van der Waals surface area (Å²) in [4.78, 5) is 18.0. The lowest BCUT2D eigenvalue weighted by atomic mass is 10.2. The third kappa shape index (κ3) is 3.81. The second-order valence-electron chi connectivity index (χ2n) is 4.82. The minimum atomic E-state index is 0.280. The summed E-state index contributed by atoms with van der Waals surface area (Å²) in [7, 11) is 0. The molecular formula is C14H21N3O. The van der Waals surface area contributed by atoms with Crippen molar-refractivity contribution in [1.29, 1.82) is 0 Å². The van der Waals surface area contributed by atoms with Crippen LogP contribution in [0, 0.1) is 6.92 Å². The van der Waals surface area contributed by atoms with Gasteiger partial charge in [-0.2, -0.15) is 0 Å². The summed E-state index contributed by atoms with van der Waals surface area (Å²) in [5, 5.41) is 3.29. The molecule has 1 saturated heterocycles. The lowest BCUT2D eigenvalue weighted by Gasteiger charge is -2.15. The summed E-state index contributed by atoms with van der Waals surface area (Å²) in [6.07, 6.45) is 4.80. The van der Waals surface area contributed by atoms with Crippen LogP contribution in [0.25, 0.3) is 0 Å². The predicted molar refractivity (Wildman–Crippen MR) is 71.1 cm³/mol. The number of carbonyl (C=O) groups excluding carboxylic acids is 1. The topological polar surface area (TPSA) is 45.2 Å². The highest BCUT2D eigenvalue weighted by atomic mass is 16.2. The number of aromatic nitrogens is 1. The van der Waals surface area contributed by atoms with Gasteiger partial charge >= 0.3 is 0 Å². The van der Waals surface area contributed by atoms with Gasteiger partial charge in [0.15, 0.2) is 0 Å². The number of carbonyl (C=O) groups is 1. The monoisotopic (exact) mass is 247 g/mol. The number of amides is 1. The maximum atomic E-state index is 11.8. The van der Waals surface area contributed by atoms with Gasteiger partial charge < -0.3 is 10.2 Å². The van der Waals surface area contributed by atoms with E-state index in [0.29, 0.717) is 6.42 Å². The summed E-state index contributed by atoms with van der Waals surface area (Å²) in [5.74, 6) is 0.280. The molecule has 2 rings (SSSR count). The third-order valence-corrected chi connectivity index (χ3v) is 3.28. The number of nitrogens with one attached hydrogen (secondary N) is 1. The van der Waals surface area contributed by atoms with Crippen molar-refractivity contribution >= 4 is 5.91 Å². The largest absolute Gasteiger partial charge is 0.343 e. The van der Waals surface area contributed by atoms with E-state index >= 15 is 0 Å². The van der Waals surface area contributed by atoms with Crippen LogP contribution in [0.4, 0.5) is 0 Å².